The SMILES string of the molecule is CCN(CC)CCCCCNc1cc(/C=C/c2ccc([N+](=O)[O-])o2)nc2cc(Cl)ccc12.O=P([O-])([O-])[O-].O=P([O-])([O-])[O-]. The van der Waals surface area contributed by atoms with Crippen LogP contribution >= 0.6 is 27.2 Å². The summed E-state index contributed by atoms with van der Waals surface area (Å²) in [4.78, 5) is 68.6. The second-order valence-electron chi connectivity index (χ2n) is 8.43. The molecule has 2 heterocycles. The summed E-state index contributed by atoms with van der Waals surface area (Å²) >= 11 is 6.18. The largest absolute Gasteiger partial charge is 0.822 e. The number of aromatic nitrogens is 1. The molecular weight excluding hydrogens is 618 g/mol. The lowest BCUT2D eigenvalue weighted by atomic mass is 10.1. The van der Waals surface area contributed by atoms with Gasteiger partial charge in [-0.15, -0.1) is 0 Å². The number of anilines is 1. The molecule has 0 radical (unpaired) electrons. The summed E-state index contributed by atoms with van der Waals surface area (Å²) in [5.74, 6) is 0.110. The lowest BCUT2D eigenvalue weighted by Crippen LogP contribution is -2.24. The number of nitro groups is 1. The molecule has 3 rings (SSSR count). The predicted molar refractivity (Wildman–Crippen MR) is 146 cm³/mol. The molecular formula is C24H29ClN4O11P2-6. The van der Waals surface area contributed by atoms with Gasteiger partial charge in [0.2, 0.25) is 0 Å². The van der Waals surface area contributed by atoms with Gasteiger partial charge in [-0.1, -0.05) is 31.9 Å². The van der Waals surface area contributed by atoms with E-state index in [0.717, 1.165) is 49.2 Å². The minimum Gasteiger partial charge on any atom is -0.822 e. The molecule has 0 saturated heterocycles. The van der Waals surface area contributed by atoms with Crippen molar-refractivity contribution in [3.8, 4) is 0 Å². The van der Waals surface area contributed by atoms with Crippen molar-refractivity contribution in [1.29, 1.82) is 0 Å². The third-order valence-electron chi connectivity index (χ3n) is 5.36. The highest BCUT2D eigenvalue weighted by Crippen LogP contribution is 2.27. The Balaban J connectivity index is 0.000000759. The summed E-state index contributed by atoms with van der Waals surface area (Å²) in [6.07, 6.45) is 6.89. The standard InChI is InChI=1S/C24H29ClN4O3.2H3O4P/c1-3-28(4-2)15-7-5-6-14-26-22-17-19(27-23-16-18(25)8-12-21(22)23)9-10-20-11-13-24(32-20)29(30)31;2*1-5(2,3)4/h8-13,16-17H,3-7,14-15H2,1-2H3,(H,26,27);2*(H3,1,2,3,4)/p-6/b10-9+;;. The number of hydrogen-bond acceptors (Lipinski definition) is 14. The number of rotatable bonds is 12. The molecule has 0 aliphatic rings. The smallest absolute Gasteiger partial charge is 0.433 e. The normalized spacial score (nSPS) is 11.7. The lowest BCUT2D eigenvalue weighted by Gasteiger charge is -2.36. The van der Waals surface area contributed by atoms with Crippen molar-refractivity contribution in [1.82, 2.24) is 9.88 Å². The molecule has 0 aliphatic heterocycles. The fourth-order valence-electron chi connectivity index (χ4n) is 3.55. The number of furan rings is 1. The van der Waals surface area contributed by atoms with Gasteiger partial charge in [-0.3, -0.25) is 10.1 Å². The first-order valence-corrected chi connectivity index (χ1v) is 15.7. The molecule has 3 aromatic rings. The van der Waals surface area contributed by atoms with Gasteiger partial charge in [0, 0.05) is 22.6 Å². The van der Waals surface area contributed by atoms with Crippen molar-refractivity contribution in [2.45, 2.75) is 33.1 Å². The van der Waals surface area contributed by atoms with Gasteiger partial charge in [-0.25, -0.2) is 4.98 Å². The Morgan fingerprint density at radius 3 is 2.12 bits per heavy atom. The fourth-order valence-corrected chi connectivity index (χ4v) is 3.72. The molecule has 1 N–H and O–H groups in total. The van der Waals surface area contributed by atoms with E-state index in [1.807, 2.05) is 24.3 Å². The second kappa shape index (κ2) is 18.1. The monoisotopic (exact) mass is 646 g/mol. The number of fused-ring (bicyclic) bond motifs is 1. The number of nitrogens with zero attached hydrogens (tertiary/aromatic N) is 3. The zero-order chi connectivity index (χ0) is 31.9. The number of hydrogen-bond donors (Lipinski definition) is 1. The number of unbranched alkanes of at least 4 members (excludes halogenated alkanes) is 2. The van der Waals surface area contributed by atoms with Crippen molar-refractivity contribution in [2.24, 2.45) is 0 Å². The van der Waals surface area contributed by atoms with Crippen LogP contribution in [-0.4, -0.2) is 41.0 Å². The van der Waals surface area contributed by atoms with Crippen LogP contribution in [0.2, 0.25) is 5.02 Å². The van der Waals surface area contributed by atoms with Crippen LogP contribution in [0, 0.1) is 10.1 Å². The number of benzene rings is 1. The van der Waals surface area contributed by atoms with Crippen molar-refractivity contribution in [3.05, 3.63) is 63.0 Å². The molecule has 0 fully saturated rings. The van der Waals surface area contributed by atoms with E-state index in [-0.39, 0.29) is 5.88 Å². The van der Waals surface area contributed by atoms with Crippen LogP contribution in [0.3, 0.4) is 0 Å². The zero-order valence-electron chi connectivity index (χ0n) is 22.7. The average molecular weight is 647 g/mol. The van der Waals surface area contributed by atoms with Crippen molar-refractivity contribution >= 4 is 61.9 Å². The Bertz CT molecular complexity index is 1370. The fraction of sp³-hybridized carbons (Fsp3) is 0.375. The summed E-state index contributed by atoms with van der Waals surface area (Å²) in [7, 11) is -10.8. The van der Waals surface area contributed by atoms with Crippen LogP contribution in [-0.2, 0) is 9.13 Å². The molecule has 0 aliphatic carbocycles. The predicted octanol–water partition coefficient (Wildman–Crippen LogP) is 0.835. The Hall–Kier alpha value is -2.68. The first kappa shape index (κ1) is 37.3. The number of nitrogens with one attached hydrogen (secondary N) is 1. The molecule has 0 spiro atoms. The Morgan fingerprint density at radius 1 is 0.952 bits per heavy atom. The zero-order valence-corrected chi connectivity index (χ0v) is 25.2. The minimum absolute atomic E-state index is 0.286. The first-order chi connectivity index (χ1) is 19.5. The Kier molecular flexibility index (Phi) is 16.1. The van der Waals surface area contributed by atoms with E-state index < -0.39 is 20.6 Å². The van der Waals surface area contributed by atoms with E-state index in [4.69, 9.17) is 54.5 Å². The van der Waals surface area contributed by atoms with Gasteiger partial charge in [0.15, 0.2) is 0 Å². The lowest BCUT2D eigenvalue weighted by molar-refractivity contribution is -0.434. The maximum atomic E-state index is 10.8. The van der Waals surface area contributed by atoms with Crippen molar-refractivity contribution in [2.75, 3.05) is 31.5 Å². The molecule has 234 valence electrons. The van der Waals surface area contributed by atoms with Crippen LogP contribution in [0.25, 0.3) is 23.1 Å². The van der Waals surface area contributed by atoms with E-state index in [1.54, 1.807) is 18.2 Å². The minimum atomic E-state index is -5.39. The highest BCUT2D eigenvalue weighted by molar-refractivity contribution is 7.40. The molecule has 2 aromatic heterocycles. The van der Waals surface area contributed by atoms with Crippen molar-refractivity contribution in [3.63, 3.8) is 0 Å². The first-order valence-electron chi connectivity index (χ1n) is 12.4. The van der Waals surface area contributed by atoms with Gasteiger partial charge >= 0.3 is 5.88 Å². The van der Waals surface area contributed by atoms with Crippen LogP contribution < -0.4 is 34.7 Å². The van der Waals surface area contributed by atoms with Crippen molar-refractivity contribution < 1.29 is 47.8 Å². The molecule has 0 saturated carbocycles. The highest BCUT2D eigenvalue weighted by Gasteiger charge is 2.10. The summed E-state index contributed by atoms with van der Waals surface area (Å²) in [5.41, 5.74) is 2.48. The van der Waals surface area contributed by atoms with Gasteiger partial charge in [-0.2, -0.15) is 15.6 Å². The van der Waals surface area contributed by atoms with Crippen LogP contribution in [0.15, 0.2) is 40.8 Å². The van der Waals surface area contributed by atoms with E-state index in [0.29, 0.717) is 16.5 Å². The molecule has 15 nitrogen and oxygen atoms in total. The number of pyridine rings is 1. The number of halogens is 1. The third-order valence-corrected chi connectivity index (χ3v) is 5.60. The number of phosphoric acid groups is 2. The average Bonchev–Trinajstić information content (AvgIpc) is 3.34. The molecule has 0 amide bonds. The molecule has 42 heavy (non-hydrogen) atoms. The van der Waals surface area contributed by atoms with E-state index in [1.165, 1.54) is 18.9 Å². The molecule has 0 unspecified atom stereocenters. The summed E-state index contributed by atoms with van der Waals surface area (Å²) < 4.78 is 22.3. The molecule has 18 heteroatoms. The van der Waals surface area contributed by atoms with E-state index in [2.05, 4.69) is 29.0 Å². The molecule has 1 aromatic carbocycles. The van der Waals surface area contributed by atoms with E-state index in [9.17, 15) is 10.1 Å². The quantitative estimate of drug-likeness (QED) is 0.124. The molecule has 0 bridgehead atoms. The maximum Gasteiger partial charge on any atom is 0.433 e. The summed E-state index contributed by atoms with van der Waals surface area (Å²) in [6.45, 7) is 8.61. The summed E-state index contributed by atoms with van der Waals surface area (Å²) in [6, 6.07) is 10.5. The van der Waals surface area contributed by atoms with Crippen LogP contribution in [0.5, 0.6) is 0 Å². The van der Waals surface area contributed by atoms with Gasteiger partial charge in [-0.05, 0) is 75.0 Å². The maximum absolute atomic E-state index is 10.8. The summed E-state index contributed by atoms with van der Waals surface area (Å²) in [5, 5.41) is 16.0. The van der Waals surface area contributed by atoms with Crippen LogP contribution in [0.4, 0.5) is 11.6 Å². The highest BCUT2D eigenvalue weighted by atomic mass is 35.5. The van der Waals surface area contributed by atoms with Gasteiger partial charge in [0.25, 0.3) is 0 Å². The third kappa shape index (κ3) is 17.3. The second-order valence-corrected chi connectivity index (χ2v) is 10.7. The van der Waals surface area contributed by atoms with Crippen LogP contribution in [0.1, 0.15) is 44.6 Å². The molecule has 0 atom stereocenters. The van der Waals surface area contributed by atoms with Gasteiger partial charge < -0.3 is 53.1 Å². The Labute approximate surface area is 247 Å². The van der Waals surface area contributed by atoms with Gasteiger partial charge in [0.05, 0.1) is 17.3 Å². The van der Waals surface area contributed by atoms with Gasteiger partial charge in [0.1, 0.15) is 10.7 Å². The van der Waals surface area contributed by atoms with E-state index >= 15 is 0 Å². The topological polar surface area (TPSA) is 257 Å². The Morgan fingerprint density at radius 2 is 1.57 bits per heavy atom.